The minimum atomic E-state index is -1.58. The largest absolute Gasteiger partial charge is 0.395 e. The second kappa shape index (κ2) is 4.78. The quantitative estimate of drug-likeness (QED) is 0.530. The van der Waals surface area contributed by atoms with E-state index in [0.29, 0.717) is 5.56 Å². The van der Waals surface area contributed by atoms with E-state index in [4.69, 9.17) is 5.11 Å². The van der Waals surface area contributed by atoms with Gasteiger partial charge in [0.2, 0.25) is 0 Å². The van der Waals surface area contributed by atoms with Crippen LogP contribution < -0.4 is 11.2 Å². The minimum Gasteiger partial charge on any atom is -0.395 e. The third kappa shape index (κ3) is 2.25. The average molecular weight is 288 g/mol. The molecule has 4 atom stereocenters. The van der Waals surface area contributed by atoms with Crippen LogP contribution in [0.5, 0.6) is 0 Å². The van der Waals surface area contributed by atoms with E-state index < -0.39 is 33.6 Å². The molecule has 1 fully saturated rings. The van der Waals surface area contributed by atoms with Crippen molar-refractivity contribution in [3.8, 4) is 0 Å². The number of hydrogen-bond acceptors (Lipinski definition) is 6. The third-order valence-electron chi connectivity index (χ3n) is 3.33. The zero-order chi connectivity index (χ0) is 14.4. The molecule has 0 amide bonds. The molecule has 1 aliphatic rings. The molecule has 19 heavy (non-hydrogen) atoms. The highest BCUT2D eigenvalue weighted by Gasteiger charge is 2.52. The van der Waals surface area contributed by atoms with Gasteiger partial charge in [0.15, 0.2) is 0 Å². The molecule has 1 aliphatic heterocycles. The Kier molecular flexibility index (Phi) is 3.61. The first-order valence-corrected chi connectivity index (χ1v) is 6.72. The van der Waals surface area contributed by atoms with Crippen molar-refractivity contribution in [1.29, 1.82) is 0 Å². The number of aliphatic hydroxyl groups is 3. The summed E-state index contributed by atoms with van der Waals surface area (Å²) >= 11 is 1.10. The lowest BCUT2D eigenvalue weighted by molar-refractivity contribution is -0.0684. The van der Waals surface area contributed by atoms with Gasteiger partial charge in [-0.3, -0.25) is 14.3 Å². The second-order valence-corrected chi connectivity index (χ2v) is 6.18. The Labute approximate surface area is 112 Å². The standard InChI is InChI=1S/C11H16N2O5S/c1-5-3-13(10(17)12-8(5)16)9-11(2,18)7(15)6(4-14)19-9/h3,6-7,9,14-15,18H,4H2,1-2H3,(H,12,16,17)/t6-,7-,9-,11-/m1/s1. The fourth-order valence-corrected chi connectivity index (χ4v) is 3.69. The first kappa shape index (κ1) is 14.3. The van der Waals surface area contributed by atoms with Gasteiger partial charge in [-0.1, -0.05) is 0 Å². The van der Waals surface area contributed by atoms with Crippen molar-refractivity contribution in [3.63, 3.8) is 0 Å². The smallest absolute Gasteiger partial charge is 0.329 e. The maximum Gasteiger partial charge on any atom is 0.329 e. The molecule has 8 heteroatoms. The monoisotopic (exact) mass is 288 g/mol. The van der Waals surface area contributed by atoms with E-state index in [2.05, 4.69) is 4.98 Å². The van der Waals surface area contributed by atoms with Gasteiger partial charge in [0.1, 0.15) is 11.0 Å². The SMILES string of the molecule is Cc1cn([C@@H]2S[C@H](CO)[C@@H](O)[C@@]2(C)O)c(=O)[nH]c1=O. The van der Waals surface area contributed by atoms with Gasteiger partial charge in [-0.2, -0.15) is 0 Å². The molecule has 0 aromatic carbocycles. The van der Waals surface area contributed by atoms with Gasteiger partial charge in [-0.05, 0) is 13.8 Å². The average Bonchev–Trinajstić information content (AvgIpc) is 2.56. The van der Waals surface area contributed by atoms with Crippen molar-refractivity contribution in [2.75, 3.05) is 6.61 Å². The van der Waals surface area contributed by atoms with Crippen LogP contribution in [0.4, 0.5) is 0 Å². The number of aromatic amines is 1. The van der Waals surface area contributed by atoms with Crippen molar-refractivity contribution >= 4 is 11.8 Å². The fraction of sp³-hybridized carbons (Fsp3) is 0.636. The molecule has 7 nitrogen and oxygen atoms in total. The van der Waals surface area contributed by atoms with Crippen molar-refractivity contribution in [2.45, 2.75) is 36.2 Å². The summed E-state index contributed by atoms with van der Waals surface area (Å²) < 4.78 is 1.18. The first-order valence-electron chi connectivity index (χ1n) is 5.78. The van der Waals surface area contributed by atoms with Gasteiger partial charge in [-0.25, -0.2) is 4.79 Å². The fourth-order valence-electron chi connectivity index (χ4n) is 2.15. The Morgan fingerprint density at radius 3 is 2.68 bits per heavy atom. The number of nitrogens with zero attached hydrogens (tertiary/aromatic N) is 1. The highest BCUT2D eigenvalue weighted by atomic mass is 32.2. The van der Waals surface area contributed by atoms with E-state index in [1.807, 2.05) is 0 Å². The number of hydrogen-bond donors (Lipinski definition) is 4. The molecule has 0 unspecified atom stereocenters. The van der Waals surface area contributed by atoms with Crippen LogP contribution in [0.25, 0.3) is 0 Å². The summed E-state index contributed by atoms with van der Waals surface area (Å²) in [7, 11) is 0. The number of rotatable bonds is 2. The van der Waals surface area contributed by atoms with E-state index in [-0.39, 0.29) is 6.61 Å². The molecule has 1 saturated heterocycles. The molecule has 0 spiro atoms. The van der Waals surface area contributed by atoms with E-state index >= 15 is 0 Å². The van der Waals surface area contributed by atoms with Crippen molar-refractivity contribution in [3.05, 3.63) is 32.6 Å². The Bertz CT molecular complexity index is 593. The van der Waals surface area contributed by atoms with E-state index in [1.165, 1.54) is 17.7 Å². The van der Waals surface area contributed by atoms with E-state index in [1.54, 1.807) is 6.92 Å². The zero-order valence-electron chi connectivity index (χ0n) is 10.5. The lowest BCUT2D eigenvalue weighted by Crippen LogP contribution is -2.46. The van der Waals surface area contributed by atoms with Crippen LogP contribution in [0, 0.1) is 6.92 Å². The highest BCUT2D eigenvalue weighted by molar-refractivity contribution is 8.00. The van der Waals surface area contributed by atoms with Gasteiger partial charge in [-0.15, -0.1) is 11.8 Å². The summed E-state index contributed by atoms with van der Waals surface area (Å²) in [6, 6.07) is 0. The number of H-pyrrole nitrogens is 1. The third-order valence-corrected chi connectivity index (χ3v) is 5.05. The van der Waals surface area contributed by atoms with Crippen molar-refractivity contribution in [1.82, 2.24) is 9.55 Å². The van der Waals surface area contributed by atoms with Gasteiger partial charge >= 0.3 is 5.69 Å². The van der Waals surface area contributed by atoms with Crippen molar-refractivity contribution < 1.29 is 15.3 Å². The van der Waals surface area contributed by atoms with Gasteiger partial charge in [0.05, 0.1) is 18.0 Å². The number of aromatic nitrogens is 2. The molecule has 0 saturated carbocycles. The van der Waals surface area contributed by atoms with Gasteiger partial charge in [0.25, 0.3) is 5.56 Å². The van der Waals surface area contributed by atoms with Gasteiger partial charge in [0, 0.05) is 11.8 Å². The molecular formula is C11H16N2O5S. The lowest BCUT2D eigenvalue weighted by atomic mass is 9.96. The first-order chi connectivity index (χ1) is 8.78. The van der Waals surface area contributed by atoms with Crippen LogP contribution in [-0.4, -0.2) is 48.4 Å². The van der Waals surface area contributed by atoms with Crippen LogP contribution >= 0.6 is 11.8 Å². The lowest BCUT2D eigenvalue weighted by Gasteiger charge is -2.28. The molecule has 0 aliphatic carbocycles. The topological polar surface area (TPSA) is 116 Å². The number of aryl methyl sites for hydroxylation is 1. The molecule has 2 heterocycles. The second-order valence-electron chi connectivity index (χ2n) is 4.86. The molecule has 1 aromatic heterocycles. The molecule has 106 valence electrons. The normalized spacial score (nSPS) is 34.7. The maximum atomic E-state index is 11.8. The molecule has 0 bridgehead atoms. The zero-order valence-corrected chi connectivity index (χ0v) is 11.3. The van der Waals surface area contributed by atoms with Crippen LogP contribution in [0.1, 0.15) is 17.9 Å². The summed E-state index contributed by atoms with van der Waals surface area (Å²) in [5, 5.41) is 28.1. The van der Waals surface area contributed by atoms with Crippen molar-refractivity contribution in [2.24, 2.45) is 0 Å². The molecule has 0 radical (unpaired) electrons. The number of nitrogens with one attached hydrogen (secondary N) is 1. The summed E-state index contributed by atoms with van der Waals surface area (Å²) in [6.45, 7) is 2.64. The Morgan fingerprint density at radius 2 is 2.16 bits per heavy atom. The van der Waals surface area contributed by atoms with Crippen LogP contribution in [-0.2, 0) is 0 Å². The molecule has 2 rings (SSSR count). The molecule has 1 aromatic rings. The Balaban J connectivity index is 2.51. The predicted octanol–water partition coefficient (Wildman–Crippen LogP) is -1.44. The van der Waals surface area contributed by atoms with E-state index in [0.717, 1.165) is 11.8 Å². The Hall–Kier alpha value is -1.09. The summed E-state index contributed by atoms with van der Waals surface area (Å²) in [6.07, 6.45) is 0.186. The maximum absolute atomic E-state index is 11.8. The summed E-state index contributed by atoms with van der Waals surface area (Å²) in [4.78, 5) is 25.3. The molecular weight excluding hydrogens is 272 g/mol. The molecule has 4 N–H and O–H groups in total. The number of thioether (sulfide) groups is 1. The number of aliphatic hydroxyl groups excluding tert-OH is 2. The summed E-state index contributed by atoms with van der Waals surface area (Å²) in [5.41, 5.74) is -2.38. The predicted molar refractivity (Wildman–Crippen MR) is 70.2 cm³/mol. The van der Waals surface area contributed by atoms with Crippen LogP contribution in [0.2, 0.25) is 0 Å². The summed E-state index contributed by atoms with van der Waals surface area (Å²) in [5.74, 6) is 0. The van der Waals surface area contributed by atoms with Gasteiger partial charge < -0.3 is 15.3 Å². The Morgan fingerprint density at radius 1 is 1.53 bits per heavy atom. The van der Waals surface area contributed by atoms with E-state index in [9.17, 15) is 19.8 Å². The minimum absolute atomic E-state index is 0.310. The van der Waals surface area contributed by atoms with Crippen LogP contribution in [0.3, 0.4) is 0 Å². The highest BCUT2D eigenvalue weighted by Crippen LogP contribution is 2.47. The van der Waals surface area contributed by atoms with Crippen LogP contribution in [0.15, 0.2) is 15.8 Å².